The summed E-state index contributed by atoms with van der Waals surface area (Å²) in [6, 6.07) is 15.7. The molecule has 10 heteroatoms. The highest BCUT2D eigenvalue weighted by molar-refractivity contribution is 5.87. The zero-order chi connectivity index (χ0) is 25.8. The molecular formula is C25H27F3N2O5. The van der Waals surface area contributed by atoms with Crippen LogP contribution in [0.5, 0.6) is 0 Å². The maximum absolute atomic E-state index is 13.1. The van der Waals surface area contributed by atoms with Crippen LogP contribution in [0, 0.1) is 5.92 Å². The fourth-order valence-corrected chi connectivity index (χ4v) is 4.08. The molecule has 0 fully saturated rings. The van der Waals surface area contributed by atoms with E-state index in [1.807, 2.05) is 48.5 Å². The number of alkyl carbamates (subject to hydrolysis) is 1. The largest absolute Gasteiger partial charge is 0.479 e. The zero-order valence-electron chi connectivity index (χ0n) is 19.3. The van der Waals surface area contributed by atoms with Gasteiger partial charge in [0.05, 0.1) is 0 Å². The molecule has 2 unspecified atom stereocenters. The third-order valence-electron chi connectivity index (χ3n) is 6.31. The maximum Gasteiger partial charge on any atom is 0.422 e. The first-order valence-electron chi connectivity index (χ1n) is 11.2. The van der Waals surface area contributed by atoms with Crippen molar-refractivity contribution >= 4 is 18.0 Å². The number of carboxylic acid groups (broad SMARTS) is 1. The molecule has 2 aromatic carbocycles. The van der Waals surface area contributed by atoms with Crippen LogP contribution in [0.15, 0.2) is 48.5 Å². The fourth-order valence-electron chi connectivity index (χ4n) is 4.08. The SMILES string of the molecule is CCC(CNC(=O)OCC1c2ccccc2-c2ccccc21)CC(=O)NC(C)(C(=O)O)C(F)(F)F. The summed E-state index contributed by atoms with van der Waals surface area (Å²) in [4.78, 5) is 35.6. The first-order valence-corrected chi connectivity index (χ1v) is 11.2. The standard InChI is InChI=1S/C25H27F3N2O5/c1-3-15(12-21(31)30-24(2,22(32)33)25(26,27)28)13-29-23(34)35-14-20-18-10-6-4-8-16(18)17-9-5-7-11-19(17)20/h4-11,15,20H,3,12-14H2,1-2H3,(H,29,34)(H,30,31)(H,32,33). The van der Waals surface area contributed by atoms with E-state index in [0.717, 1.165) is 22.3 Å². The minimum absolute atomic E-state index is 0.0175. The Morgan fingerprint density at radius 1 is 1.03 bits per heavy atom. The summed E-state index contributed by atoms with van der Waals surface area (Å²) in [7, 11) is 0. The summed E-state index contributed by atoms with van der Waals surface area (Å²) in [5.74, 6) is -3.92. The Morgan fingerprint density at radius 2 is 1.57 bits per heavy atom. The van der Waals surface area contributed by atoms with Crippen LogP contribution in [0.25, 0.3) is 11.1 Å². The monoisotopic (exact) mass is 492 g/mol. The van der Waals surface area contributed by atoms with Gasteiger partial charge in [-0.2, -0.15) is 13.2 Å². The number of nitrogens with one attached hydrogen (secondary N) is 2. The number of aliphatic carboxylic acids is 1. The van der Waals surface area contributed by atoms with Crippen molar-refractivity contribution in [2.24, 2.45) is 5.92 Å². The number of amides is 2. The van der Waals surface area contributed by atoms with Crippen LogP contribution in [0.3, 0.4) is 0 Å². The Labute approximate surface area is 200 Å². The van der Waals surface area contributed by atoms with Crippen molar-refractivity contribution < 1.29 is 37.4 Å². The second-order valence-corrected chi connectivity index (χ2v) is 8.66. The second-order valence-electron chi connectivity index (χ2n) is 8.66. The van der Waals surface area contributed by atoms with Crippen molar-refractivity contribution in [3.05, 3.63) is 59.7 Å². The molecule has 7 nitrogen and oxygen atoms in total. The molecule has 2 aromatic rings. The molecule has 0 aromatic heterocycles. The Hall–Kier alpha value is -3.56. The van der Waals surface area contributed by atoms with Crippen LogP contribution >= 0.6 is 0 Å². The minimum atomic E-state index is -5.17. The molecule has 0 radical (unpaired) electrons. The zero-order valence-corrected chi connectivity index (χ0v) is 19.3. The number of hydrogen-bond acceptors (Lipinski definition) is 4. The van der Waals surface area contributed by atoms with Crippen molar-refractivity contribution in [1.29, 1.82) is 0 Å². The van der Waals surface area contributed by atoms with Crippen molar-refractivity contribution in [2.75, 3.05) is 13.2 Å². The number of carboxylic acids is 1. The van der Waals surface area contributed by atoms with Gasteiger partial charge in [0.1, 0.15) is 6.61 Å². The second kappa shape index (κ2) is 10.4. The average Bonchev–Trinajstić information content (AvgIpc) is 3.13. The summed E-state index contributed by atoms with van der Waals surface area (Å²) >= 11 is 0. The molecule has 0 bridgehead atoms. The van der Waals surface area contributed by atoms with E-state index >= 15 is 0 Å². The molecule has 0 saturated heterocycles. The summed E-state index contributed by atoms with van der Waals surface area (Å²) < 4.78 is 44.8. The van der Waals surface area contributed by atoms with Crippen LogP contribution in [0.4, 0.5) is 18.0 Å². The number of carbonyl (C=O) groups excluding carboxylic acids is 2. The van der Waals surface area contributed by atoms with Gasteiger partial charge < -0.3 is 20.5 Å². The van der Waals surface area contributed by atoms with Gasteiger partial charge in [0.25, 0.3) is 0 Å². The Bertz CT molecular complexity index is 1060. The Morgan fingerprint density at radius 3 is 2.06 bits per heavy atom. The molecule has 1 aliphatic rings. The van der Waals surface area contributed by atoms with E-state index in [-0.39, 0.29) is 25.5 Å². The highest BCUT2D eigenvalue weighted by Crippen LogP contribution is 2.44. The lowest BCUT2D eigenvalue weighted by Crippen LogP contribution is -2.62. The highest BCUT2D eigenvalue weighted by Gasteiger charge is 2.58. The molecule has 35 heavy (non-hydrogen) atoms. The van der Waals surface area contributed by atoms with Crippen LogP contribution < -0.4 is 10.6 Å². The van der Waals surface area contributed by atoms with E-state index in [9.17, 15) is 27.6 Å². The van der Waals surface area contributed by atoms with Gasteiger partial charge in [-0.25, -0.2) is 9.59 Å². The number of hydrogen-bond donors (Lipinski definition) is 3. The highest BCUT2D eigenvalue weighted by atomic mass is 19.4. The quantitative estimate of drug-likeness (QED) is 0.479. The molecule has 0 spiro atoms. The Balaban J connectivity index is 1.54. The molecule has 2 atom stereocenters. The average molecular weight is 492 g/mol. The van der Waals surface area contributed by atoms with Gasteiger partial charge in [0, 0.05) is 18.9 Å². The van der Waals surface area contributed by atoms with E-state index in [2.05, 4.69) is 5.32 Å². The first kappa shape index (κ1) is 26.1. The molecular weight excluding hydrogens is 465 g/mol. The molecule has 1 aliphatic carbocycles. The van der Waals surface area contributed by atoms with Gasteiger partial charge in [-0.05, 0) is 35.1 Å². The lowest BCUT2D eigenvalue weighted by Gasteiger charge is -2.29. The van der Waals surface area contributed by atoms with Crippen LogP contribution in [-0.2, 0) is 14.3 Å². The van der Waals surface area contributed by atoms with Crippen molar-refractivity contribution in [3.63, 3.8) is 0 Å². The van der Waals surface area contributed by atoms with E-state index < -0.39 is 35.6 Å². The van der Waals surface area contributed by atoms with E-state index in [4.69, 9.17) is 9.84 Å². The molecule has 0 saturated carbocycles. The number of benzene rings is 2. The van der Waals surface area contributed by atoms with Gasteiger partial charge in [0.15, 0.2) is 0 Å². The summed E-state index contributed by atoms with van der Waals surface area (Å²) in [5, 5.41) is 13.1. The van der Waals surface area contributed by atoms with Crippen LogP contribution in [0.2, 0.25) is 0 Å². The van der Waals surface area contributed by atoms with E-state index in [0.29, 0.717) is 13.3 Å². The molecule has 0 heterocycles. The number of rotatable bonds is 9. The predicted octanol–water partition coefficient (Wildman–Crippen LogP) is 4.46. The molecule has 3 rings (SSSR count). The summed E-state index contributed by atoms with van der Waals surface area (Å²) in [6.45, 7) is 2.18. The number of carbonyl (C=O) groups is 3. The van der Waals surface area contributed by atoms with Crippen LogP contribution in [-0.4, -0.2) is 47.9 Å². The van der Waals surface area contributed by atoms with E-state index in [1.54, 1.807) is 12.2 Å². The van der Waals surface area contributed by atoms with Crippen LogP contribution in [0.1, 0.15) is 43.7 Å². The normalized spacial score (nSPS) is 15.3. The predicted molar refractivity (Wildman–Crippen MR) is 122 cm³/mol. The van der Waals surface area contributed by atoms with Crippen molar-refractivity contribution in [3.8, 4) is 11.1 Å². The Kier molecular flexibility index (Phi) is 7.72. The molecule has 3 N–H and O–H groups in total. The lowest BCUT2D eigenvalue weighted by molar-refractivity contribution is -0.207. The topological polar surface area (TPSA) is 105 Å². The summed E-state index contributed by atoms with van der Waals surface area (Å²) in [5.41, 5.74) is 0.872. The van der Waals surface area contributed by atoms with Gasteiger partial charge in [-0.1, -0.05) is 61.9 Å². The van der Waals surface area contributed by atoms with Crippen molar-refractivity contribution in [2.45, 2.75) is 44.3 Å². The number of ether oxygens (including phenoxy) is 1. The third kappa shape index (κ3) is 5.58. The number of fused-ring (bicyclic) bond motifs is 3. The fraction of sp³-hybridized carbons (Fsp3) is 0.400. The van der Waals surface area contributed by atoms with Gasteiger partial charge in [-0.15, -0.1) is 0 Å². The number of halogens is 3. The summed E-state index contributed by atoms with van der Waals surface area (Å²) in [6.07, 6.45) is -5.90. The lowest BCUT2D eigenvalue weighted by atomic mass is 9.98. The van der Waals surface area contributed by atoms with Gasteiger partial charge >= 0.3 is 18.2 Å². The molecule has 188 valence electrons. The maximum atomic E-state index is 13.1. The van der Waals surface area contributed by atoms with Gasteiger partial charge in [-0.3, -0.25) is 4.79 Å². The third-order valence-corrected chi connectivity index (χ3v) is 6.31. The molecule has 2 amide bonds. The van der Waals surface area contributed by atoms with Crippen molar-refractivity contribution in [1.82, 2.24) is 10.6 Å². The molecule has 0 aliphatic heterocycles. The smallest absolute Gasteiger partial charge is 0.422 e. The van der Waals surface area contributed by atoms with E-state index in [1.165, 1.54) is 0 Å². The number of alkyl halides is 3. The first-order chi connectivity index (χ1) is 16.5. The minimum Gasteiger partial charge on any atom is -0.479 e. The van der Waals surface area contributed by atoms with Gasteiger partial charge in [0.2, 0.25) is 11.4 Å².